The Kier molecular flexibility index (Phi) is 7.38. The van der Waals surface area contributed by atoms with Gasteiger partial charge < -0.3 is 11.5 Å². The summed E-state index contributed by atoms with van der Waals surface area (Å²) < 4.78 is 1.00. The van der Waals surface area contributed by atoms with E-state index in [0.717, 1.165) is 10.0 Å². The molecule has 0 aromatic heterocycles. The number of nitrogens with one attached hydrogen (secondary N) is 1. The first-order valence-electron chi connectivity index (χ1n) is 5.20. The number of halogens is 2. The van der Waals surface area contributed by atoms with E-state index in [1.807, 2.05) is 31.2 Å². The maximum absolute atomic E-state index is 7.33. The molecule has 5 nitrogen and oxygen atoms in total. The Bertz CT molecular complexity index is 435. The van der Waals surface area contributed by atoms with Crippen LogP contribution in [0.3, 0.4) is 0 Å². The topological polar surface area (TPSA) is 91.5 Å². The number of aliphatic imine (C=N–C) groups is 1. The minimum Gasteiger partial charge on any atom is -0.370 e. The van der Waals surface area contributed by atoms with E-state index in [1.54, 1.807) is 0 Å². The van der Waals surface area contributed by atoms with Crippen molar-refractivity contribution in [3.05, 3.63) is 34.3 Å². The van der Waals surface area contributed by atoms with Crippen LogP contribution in [0.5, 0.6) is 0 Å². The van der Waals surface area contributed by atoms with E-state index >= 15 is 0 Å². The summed E-state index contributed by atoms with van der Waals surface area (Å²) in [6, 6.07) is 7.82. The van der Waals surface area contributed by atoms with Gasteiger partial charge >= 0.3 is 0 Å². The van der Waals surface area contributed by atoms with Crippen LogP contribution in [0.1, 0.15) is 12.5 Å². The molecule has 0 atom stereocenters. The van der Waals surface area contributed by atoms with Gasteiger partial charge in [-0.3, -0.25) is 10.3 Å². The molecule has 0 unspecified atom stereocenters. The second kappa shape index (κ2) is 7.94. The molecule has 1 rings (SSSR count). The zero-order chi connectivity index (χ0) is 12.8. The third kappa shape index (κ3) is 4.93. The first-order chi connectivity index (χ1) is 8.04. The molecule has 0 bridgehead atoms. The lowest BCUT2D eigenvalue weighted by molar-refractivity contribution is 0.618. The number of rotatable bonds is 3. The van der Waals surface area contributed by atoms with Gasteiger partial charge in [0.2, 0.25) is 0 Å². The Morgan fingerprint density at radius 2 is 2.11 bits per heavy atom. The summed E-state index contributed by atoms with van der Waals surface area (Å²) in [4.78, 5) is 5.65. The molecular weight excluding hydrogens is 318 g/mol. The Labute approximate surface area is 121 Å². The average Bonchev–Trinajstić information content (AvgIpc) is 2.27. The maximum Gasteiger partial charge on any atom is 0.198 e. The van der Waals surface area contributed by atoms with Gasteiger partial charge in [0.25, 0.3) is 0 Å². The molecule has 0 amide bonds. The number of nitrogens with two attached hydrogens (primary N) is 2. The third-order valence-corrected chi connectivity index (χ3v) is 2.69. The molecule has 0 saturated heterocycles. The van der Waals surface area contributed by atoms with Gasteiger partial charge in [-0.05, 0) is 24.6 Å². The largest absolute Gasteiger partial charge is 0.370 e. The molecule has 5 N–H and O–H groups in total. The summed E-state index contributed by atoms with van der Waals surface area (Å²) in [5.41, 5.74) is 12.2. The molecule has 0 aliphatic carbocycles. The van der Waals surface area contributed by atoms with Crippen LogP contribution in [0, 0.1) is 5.41 Å². The molecule has 100 valence electrons. The van der Waals surface area contributed by atoms with Crippen molar-refractivity contribution >= 4 is 40.3 Å². The Hall–Kier alpha value is -1.27. The quantitative estimate of drug-likeness (QED) is 0.582. The highest BCUT2D eigenvalue weighted by molar-refractivity contribution is 9.10. The first kappa shape index (κ1) is 16.7. The van der Waals surface area contributed by atoms with Gasteiger partial charge in [-0.2, -0.15) is 0 Å². The van der Waals surface area contributed by atoms with Crippen molar-refractivity contribution in [1.29, 1.82) is 5.41 Å². The fraction of sp³-hybridized carbons (Fsp3) is 0.273. The van der Waals surface area contributed by atoms with Crippen molar-refractivity contribution in [2.45, 2.75) is 13.5 Å². The van der Waals surface area contributed by atoms with E-state index < -0.39 is 0 Å². The smallest absolute Gasteiger partial charge is 0.198 e. The van der Waals surface area contributed by atoms with Crippen LogP contribution in [-0.2, 0) is 6.54 Å². The van der Waals surface area contributed by atoms with Crippen molar-refractivity contribution < 1.29 is 0 Å². The van der Waals surface area contributed by atoms with E-state index in [-0.39, 0.29) is 24.3 Å². The van der Waals surface area contributed by atoms with Crippen molar-refractivity contribution in [1.82, 2.24) is 4.90 Å². The molecule has 18 heavy (non-hydrogen) atoms. The highest BCUT2D eigenvalue weighted by atomic mass is 79.9. The van der Waals surface area contributed by atoms with Crippen LogP contribution in [0.15, 0.2) is 33.7 Å². The van der Waals surface area contributed by atoms with Gasteiger partial charge in [0.05, 0.1) is 6.54 Å². The predicted octanol–water partition coefficient (Wildman–Crippen LogP) is 1.90. The minimum atomic E-state index is -0.0945. The molecule has 0 fully saturated rings. The van der Waals surface area contributed by atoms with Crippen LogP contribution in [0.25, 0.3) is 0 Å². The monoisotopic (exact) mass is 333 g/mol. The van der Waals surface area contributed by atoms with E-state index in [1.165, 1.54) is 4.90 Å². The zero-order valence-corrected chi connectivity index (χ0v) is 12.5. The molecule has 1 aromatic rings. The average molecular weight is 335 g/mol. The summed E-state index contributed by atoms with van der Waals surface area (Å²) >= 11 is 3.39. The molecular formula is C11H17BrClN5. The van der Waals surface area contributed by atoms with Crippen molar-refractivity contribution in [3.63, 3.8) is 0 Å². The Balaban J connectivity index is 0.00000289. The van der Waals surface area contributed by atoms with Gasteiger partial charge in [-0.15, -0.1) is 12.4 Å². The fourth-order valence-electron chi connectivity index (χ4n) is 1.35. The summed E-state index contributed by atoms with van der Waals surface area (Å²) in [7, 11) is 0. The van der Waals surface area contributed by atoms with Crippen LogP contribution in [-0.4, -0.2) is 23.4 Å². The molecule has 0 saturated carbocycles. The highest BCUT2D eigenvalue weighted by Crippen LogP contribution is 2.12. The fourth-order valence-corrected chi connectivity index (χ4v) is 1.80. The van der Waals surface area contributed by atoms with Crippen LogP contribution >= 0.6 is 28.3 Å². The lowest BCUT2D eigenvalue weighted by Gasteiger charge is -2.19. The second-order valence-electron chi connectivity index (χ2n) is 3.43. The lowest BCUT2D eigenvalue weighted by atomic mass is 10.2. The highest BCUT2D eigenvalue weighted by Gasteiger charge is 2.07. The summed E-state index contributed by atoms with van der Waals surface area (Å²) in [5, 5.41) is 7.33. The summed E-state index contributed by atoms with van der Waals surface area (Å²) in [5.74, 6) is 0.169. The number of benzene rings is 1. The van der Waals surface area contributed by atoms with Gasteiger partial charge in [-0.25, -0.2) is 4.99 Å². The number of nitrogens with zero attached hydrogens (tertiary/aromatic N) is 2. The molecule has 7 heteroatoms. The molecule has 0 aliphatic rings. The summed E-state index contributed by atoms with van der Waals surface area (Å²) in [6.45, 7) is 2.86. The van der Waals surface area contributed by atoms with Gasteiger partial charge in [-0.1, -0.05) is 28.1 Å². The molecule has 0 spiro atoms. The third-order valence-electron chi connectivity index (χ3n) is 2.20. The van der Waals surface area contributed by atoms with Crippen LogP contribution < -0.4 is 11.5 Å². The second-order valence-corrected chi connectivity index (χ2v) is 4.35. The normalized spacial score (nSPS) is 10.7. The van der Waals surface area contributed by atoms with Gasteiger partial charge in [0.1, 0.15) is 0 Å². The predicted molar refractivity (Wildman–Crippen MR) is 81.0 cm³/mol. The molecule has 0 heterocycles. The van der Waals surface area contributed by atoms with Crippen molar-refractivity contribution in [2.75, 3.05) is 6.54 Å². The maximum atomic E-state index is 7.33. The van der Waals surface area contributed by atoms with E-state index in [9.17, 15) is 0 Å². The van der Waals surface area contributed by atoms with Gasteiger partial charge in [0.15, 0.2) is 11.9 Å². The van der Waals surface area contributed by atoms with Crippen LogP contribution in [0.4, 0.5) is 0 Å². The van der Waals surface area contributed by atoms with E-state index in [4.69, 9.17) is 16.9 Å². The van der Waals surface area contributed by atoms with Crippen molar-refractivity contribution in [2.24, 2.45) is 16.5 Å². The first-order valence-corrected chi connectivity index (χ1v) is 5.99. The Morgan fingerprint density at radius 3 is 2.61 bits per heavy atom. The van der Waals surface area contributed by atoms with Gasteiger partial charge in [0, 0.05) is 11.0 Å². The number of hydrogen-bond donors (Lipinski definition) is 3. The van der Waals surface area contributed by atoms with Crippen LogP contribution in [0.2, 0.25) is 0 Å². The van der Waals surface area contributed by atoms with E-state index in [2.05, 4.69) is 20.9 Å². The number of hydrogen-bond acceptors (Lipinski definition) is 2. The molecule has 1 aromatic carbocycles. The minimum absolute atomic E-state index is 0. The van der Waals surface area contributed by atoms with Crippen molar-refractivity contribution in [3.8, 4) is 0 Å². The number of guanidine groups is 2. The lowest BCUT2D eigenvalue weighted by Crippen LogP contribution is -2.45. The standard InChI is InChI=1S/C11H16BrN5.ClH/c1-2-17(10(13)14)11(15)16-7-8-4-3-5-9(12)6-8;/h3-6H,2,7H2,1H3,(H3,13,14)(H2,15,16);1H. The summed E-state index contributed by atoms with van der Waals surface area (Å²) in [6.07, 6.45) is 0. The SMILES string of the molecule is CCN(C(=N)N)C(N)=NCc1cccc(Br)c1.Cl. The molecule has 0 aliphatic heterocycles. The Morgan fingerprint density at radius 1 is 1.44 bits per heavy atom. The zero-order valence-electron chi connectivity index (χ0n) is 10.1. The molecule has 0 radical (unpaired) electrons. The van der Waals surface area contributed by atoms with E-state index in [0.29, 0.717) is 13.1 Å².